The minimum Gasteiger partial charge on any atom is -0.481 e. The van der Waals surface area contributed by atoms with E-state index < -0.39 is 11.9 Å². The van der Waals surface area contributed by atoms with Crippen molar-refractivity contribution in [3.8, 4) is 0 Å². The molecule has 23 heavy (non-hydrogen) atoms. The lowest BCUT2D eigenvalue weighted by atomic mass is 10.1. The molecule has 1 aliphatic rings. The molecular formula is C15H15N3O4S. The molecule has 0 fully saturated rings. The van der Waals surface area contributed by atoms with Gasteiger partial charge in [-0.1, -0.05) is 6.08 Å². The molecule has 120 valence electrons. The minimum absolute atomic E-state index is 0.0839. The molecule has 8 heteroatoms. The zero-order chi connectivity index (χ0) is 16.6. The first-order valence-electron chi connectivity index (χ1n) is 7.11. The Kier molecular flexibility index (Phi) is 4.08. The Hall–Kier alpha value is -2.35. The summed E-state index contributed by atoms with van der Waals surface area (Å²) in [6.07, 6.45) is 2.73. The summed E-state index contributed by atoms with van der Waals surface area (Å²) in [5.74, 6) is -1.97. The number of aromatic nitrogens is 3. The maximum atomic E-state index is 11.6. The Morgan fingerprint density at radius 2 is 2.22 bits per heavy atom. The van der Waals surface area contributed by atoms with Crippen LogP contribution in [0.3, 0.4) is 0 Å². The lowest BCUT2D eigenvalue weighted by Crippen LogP contribution is -2.08. The number of thioether (sulfide) groups is 1. The molecule has 2 aromatic heterocycles. The molecule has 0 amide bonds. The van der Waals surface area contributed by atoms with Crippen LogP contribution in [0.2, 0.25) is 0 Å². The number of carboxylic acids is 2. The molecule has 0 spiro atoms. The molecule has 3 rings (SSSR count). The maximum absolute atomic E-state index is 11.6. The molecule has 2 N–H and O–H groups in total. The van der Waals surface area contributed by atoms with Crippen molar-refractivity contribution in [2.45, 2.75) is 31.6 Å². The first kappa shape index (κ1) is 15.5. The summed E-state index contributed by atoms with van der Waals surface area (Å²) in [6, 6.07) is 1.60. The predicted octanol–water partition coefficient (Wildman–Crippen LogP) is 2.60. The first-order valence-corrected chi connectivity index (χ1v) is 8.05. The second-order valence-corrected chi connectivity index (χ2v) is 6.40. The van der Waals surface area contributed by atoms with E-state index in [1.165, 1.54) is 4.68 Å². The van der Waals surface area contributed by atoms with Crippen LogP contribution in [-0.4, -0.2) is 36.9 Å². The van der Waals surface area contributed by atoms with E-state index in [-0.39, 0.29) is 23.8 Å². The summed E-state index contributed by atoms with van der Waals surface area (Å²) in [7, 11) is 0. The first-order chi connectivity index (χ1) is 11.0. The highest BCUT2D eigenvalue weighted by atomic mass is 32.2. The second-order valence-electron chi connectivity index (χ2n) is 5.28. The van der Waals surface area contributed by atoms with Crippen molar-refractivity contribution >= 4 is 34.7 Å². The van der Waals surface area contributed by atoms with Crippen LogP contribution in [0.1, 0.15) is 39.8 Å². The molecule has 1 unspecified atom stereocenters. The SMILES string of the molecule is Cc1nn(CCC(=O)O)c2nc(C3CC=CS3)cc(C(=O)O)c12. The van der Waals surface area contributed by atoms with Crippen LogP contribution in [-0.2, 0) is 11.3 Å². The summed E-state index contributed by atoms with van der Waals surface area (Å²) < 4.78 is 1.49. The number of aliphatic carboxylic acids is 1. The van der Waals surface area contributed by atoms with Crippen molar-refractivity contribution in [3.05, 3.63) is 34.5 Å². The quantitative estimate of drug-likeness (QED) is 0.866. The number of aryl methyl sites for hydroxylation is 2. The van der Waals surface area contributed by atoms with Gasteiger partial charge >= 0.3 is 11.9 Å². The van der Waals surface area contributed by atoms with E-state index in [9.17, 15) is 14.7 Å². The van der Waals surface area contributed by atoms with E-state index in [0.29, 0.717) is 22.4 Å². The van der Waals surface area contributed by atoms with Gasteiger partial charge in [0.25, 0.3) is 0 Å². The molecule has 0 saturated heterocycles. The Labute approximate surface area is 136 Å². The molecule has 2 aromatic rings. The van der Waals surface area contributed by atoms with Crippen LogP contribution in [0.5, 0.6) is 0 Å². The molecule has 0 aliphatic carbocycles. The van der Waals surface area contributed by atoms with E-state index in [0.717, 1.165) is 6.42 Å². The summed E-state index contributed by atoms with van der Waals surface area (Å²) in [5.41, 5.74) is 1.82. The third-order valence-electron chi connectivity index (χ3n) is 3.68. The molecule has 7 nitrogen and oxygen atoms in total. The van der Waals surface area contributed by atoms with Crippen molar-refractivity contribution in [2.24, 2.45) is 0 Å². The molecule has 0 saturated carbocycles. The average Bonchev–Trinajstić information content (AvgIpc) is 3.13. The molecule has 1 atom stereocenters. The van der Waals surface area contributed by atoms with Crippen LogP contribution in [0.4, 0.5) is 0 Å². The lowest BCUT2D eigenvalue weighted by Gasteiger charge is -2.10. The van der Waals surface area contributed by atoms with Gasteiger partial charge in [0.05, 0.1) is 40.6 Å². The summed E-state index contributed by atoms with van der Waals surface area (Å²) in [5, 5.41) is 25.2. The molecular weight excluding hydrogens is 318 g/mol. The number of carboxylic acid groups (broad SMARTS) is 2. The van der Waals surface area contributed by atoms with Gasteiger partial charge in [-0.2, -0.15) is 5.10 Å². The monoisotopic (exact) mass is 333 g/mol. The van der Waals surface area contributed by atoms with E-state index in [2.05, 4.69) is 10.1 Å². The zero-order valence-electron chi connectivity index (χ0n) is 12.4. The van der Waals surface area contributed by atoms with Gasteiger partial charge in [-0.3, -0.25) is 4.79 Å². The number of pyridine rings is 1. The summed E-state index contributed by atoms with van der Waals surface area (Å²) in [4.78, 5) is 27.0. The van der Waals surface area contributed by atoms with Gasteiger partial charge in [-0.25, -0.2) is 14.5 Å². The third-order valence-corrected chi connectivity index (χ3v) is 4.80. The fourth-order valence-electron chi connectivity index (χ4n) is 2.64. The highest BCUT2D eigenvalue weighted by Gasteiger charge is 2.23. The minimum atomic E-state index is -1.03. The van der Waals surface area contributed by atoms with Gasteiger partial charge in [-0.15, -0.1) is 11.8 Å². The van der Waals surface area contributed by atoms with Gasteiger partial charge < -0.3 is 10.2 Å². The Morgan fingerprint density at radius 3 is 2.83 bits per heavy atom. The van der Waals surface area contributed by atoms with Crippen molar-refractivity contribution in [1.82, 2.24) is 14.8 Å². The Bertz CT molecular complexity index is 820. The van der Waals surface area contributed by atoms with E-state index >= 15 is 0 Å². The third kappa shape index (κ3) is 2.94. The van der Waals surface area contributed by atoms with Crippen LogP contribution in [0.15, 0.2) is 17.6 Å². The largest absolute Gasteiger partial charge is 0.481 e. The summed E-state index contributed by atoms with van der Waals surface area (Å²) >= 11 is 1.60. The second kappa shape index (κ2) is 6.04. The molecule has 3 heterocycles. The number of hydrogen-bond acceptors (Lipinski definition) is 5. The summed E-state index contributed by atoms with van der Waals surface area (Å²) in [6.45, 7) is 1.87. The number of aromatic carboxylic acids is 1. The van der Waals surface area contributed by atoms with Crippen molar-refractivity contribution in [3.63, 3.8) is 0 Å². The fraction of sp³-hybridized carbons (Fsp3) is 0.333. The van der Waals surface area contributed by atoms with Gasteiger partial charge in [-0.05, 0) is 24.8 Å². The number of allylic oxidation sites excluding steroid dienone is 1. The smallest absolute Gasteiger partial charge is 0.336 e. The normalized spacial score (nSPS) is 17.0. The van der Waals surface area contributed by atoms with Crippen molar-refractivity contribution in [2.75, 3.05) is 0 Å². The van der Waals surface area contributed by atoms with Gasteiger partial charge in [0.15, 0.2) is 5.65 Å². The van der Waals surface area contributed by atoms with Gasteiger partial charge in [0.2, 0.25) is 0 Å². The van der Waals surface area contributed by atoms with Gasteiger partial charge in [0, 0.05) is 0 Å². The predicted molar refractivity (Wildman–Crippen MR) is 85.6 cm³/mol. The highest BCUT2D eigenvalue weighted by molar-refractivity contribution is 8.02. The molecule has 1 aliphatic heterocycles. The fourth-order valence-corrected chi connectivity index (χ4v) is 3.53. The molecule has 0 aromatic carbocycles. The standard InChI is InChI=1S/C15H15N3O4S/c1-8-13-9(15(21)22)7-10(11-3-2-6-23-11)16-14(13)18(17-8)5-4-12(19)20/h2,6-7,11H,3-5H2,1H3,(H,19,20)(H,21,22). The van der Waals surface area contributed by atoms with E-state index in [4.69, 9.17) is 5.11 Å². The van der Waals surface area contributed by atoms with Crippen LogP contribution in [0.25, 0.3) is 11.0 Å². The number of hydrogen-bond donors (Lipinski definition) is 2. The highest BCUT2D eigenvalue weighted by Crippen LogP contribution is 2.38. The van der Waals surface area contributed by atoms with E-state index in [1.54, 1.807) is 24.8 Å². The van der Waals surface area contributed by atoms with Crippen LogP contribution >= 0.6 is 11.8 Å². The molecule has 0 radical (unpaired) electrons. The number of nitrogens with zero attached hydrogens (tertiary/aromatic N) is 3. The number of rotatable bonds is 5. The van der Waals surface area contributed by atoms with E-state index in [1.807, 2.05) is 11.5 Å². The lowest BCUT2D eigenvalue weighted by molar-refractivity contribution is -0.137. The van der Waals surface area contributed by atoms with Crippen LogP contribution < -0.4 is 0 Å². The van der Waals surface area contributed by atoms with Gasteiger partial charge in [0.1, 0.15) is 0 Å². The Balaban J connectivity index is 2.15. The average molecular weight is 333 g/mol. The number of carbonyl (C=O) groups is 2. The topological polar surface area (TPSA) is 105 Å². The molecule has 0 bridgehead atoms. The van der Waals surface area contributed by atoms with Crippen molar-refractivity contribution < 1.29 is 19.8 Å². The Morgan fingerprint density at radius 1 is 1.43 bits per heavy atom. The number of fused-ring (bicyclic) bond motifs is 1. The maximum Gasteiger partial charge on any atom is 0.336 e. The zero-order valence-corrected chi connectivity index (χ0v) is 13.2. The van der Waals surface area contributed by atoms with Crippen LogP contribution in [0, 0.1) is 6.92 Å². The van der Waals surface area contributed by atoms with Crippen molar-refractivity contribution in [1.29, 1.82) is 0 Å².